The minimum Gasteiger partial charge on any atom is -0.507 e. The Hall–Kier alpha value is -1.84. The summed E-state index contributed by atoms with van der Waals surface area (Å²) in [5, 5.41) is 9.64. The summed E-state index contributed by atoms with van der Waals surface area (Å²) >= 11 is 0. The zero-order chi connectivity index (χ0) is 12.7. The highest BCUT2D eigenvalue weighted by Crippen LogP contribution is 2.36. The third kappa shape index (κ3) is 1.79. The summed E-state index contributed by atoms with van der Waals surface area (Å²) in [6.45, 7) is 5.13. The van der Waals surface area contributed by atoms with E-state index in [1.807, 2.05) is 13.8 Å². The highest BCUT2D eigenvalue weighted by atomic mass is 16.5. The van der Waals surface area contributed by atoms with Gasteiger partial charge < -0.3 is 9.84 Å². The van der Waals surface area contributed by atoms with Gasteiger partial charge in [0.15, 0.2) is 11.9 Å². The van der Waals surface area contributed by atoms with E-state index in [2.05, 4.69) is 0 Å². The van der Waals surface area contributed by atoms with Crippen LogP contribution in [0.15, 0.2) is 12.1 Å². The van der Waals surface area contributed by atoms with Crippen LogP contribution >= 0.6 is 0 Å². The van der Waals surface area contributed by atoms with Crippen molar-refractivity contribution in [3.8, 4) is 11.5 Å². The van der Waals surface area contributed by atoms with Crippen LogP contribution in [0, 0.1) is 5.92 Å². The van der Waals surface area contributed by atoms with Crippen LogP contribution in [0.5, 0.6) is 11.5 Å². The number of ether oxygens (including phenoxy) is 1. The van der Waals surface area contributed by atoms with Gasteiger partial charge in [0.25, 0.3) is 0 Å². The van der Waals surface area contributed by atoms with Crippen molar-refractivity contribution >= 4 is 11.6 Å². The van der Waals surface area contributed by atoms with Crippen molar-refractivity contribution in [1.82, 2.24) is 0 Å². The molecule has 0 bridgehead atoms. The molecule has 90 valence electrons. The van der Waals surface area contributed by atoms with Gasteiger partial charge in [-0.15, -0.1) is 0 Å². The van der Waals surface area contributed by atoms with Gasteiger partial charge in [0.1, 0.15) is 11.5 Å². The second kappa shape index (κ2) is 3.87. The van der Waals surface area contributed by atoms with E-state index in [1.54, 1.807) is 0 Å². The van der Waals surface area contributed by atoms with E-state index < -0.39 is 6.10 Å². The van der Waals surface area contributed by atoms with Crippen LogP contribution in [0.4, 0.5) is 0 Å². The van der Waals surface area contributed by atoms with E-state index in [0.717, 1.165) is 0 Å². The van der Waals surface area contributed by atoms with Gasteiger partial charge in [-0.1, -0.05) is 13.8 Å². The Morgan fingerprint density at radius 2 is 2.06 bits per heavy atom. The highest BCUT2D eigenvalue weighted by Gasteiger charge is 2.35. The number of Topliss-reactive ketones (excluding diaryl/α,β-unsaturated/α-hetero) is 2. The van der Waals surface area contributed by atoms with Crippen LogP contribution in [-0.4, -0.2) is 22.8 Å². The SMILES string of the molecule is CC(=O)c1cc2c(cc1O)OC(C(C)C)C2=O. The fraction of sp³-hybridized carbons (Fsp3) is 0.385. The fourth-order valence-corrected chi connectivity index (χ4v) is 1.92. The third-order valence-electron chi connectivity index (χ3n) is 2.86. The normalized spacial score (nSPS) is 18.1. The van der Waals surface area contributed by atoms with Crippen molar-refractivity contribution in [1.29, 1.82) is 0 Å². The molecule has 4 heteroatoms. The molecule has 0 radical (unpaired) electrons. The maximum atomic E-state index is 12.0. The molecule has 1 aliphatic rings. The zero-order valence-corrected chi connectivity index (χ0v) is 9.98. The molecule has 17 heavy (non-hydrogen) atoms. The van der Waals surface area contributed by atoms with Crippen molar-refractivity contribution in [2.24, 2.45) is 5.92 Å². The first-order valence-corrected chi connectivity index (χ1v) is 5.50. The molecule has 0 aromatic heterocycles. The molecule has 0 spiro atoms. The molecular weight excluding hydrogens is 220 g/mol. The van der Waals surface area contributed by atoms with Gasteiger partial charge in [0, 0.05) is 6.07 Å². The van der Waals surface area contributed by atoms with E-state index in [-0.39, 0.29) is 28.8 Å². The first-order valence-electron chi connectivity index (χ1n) is 5.50. The quantitative estimate of drug-likeness (QED) is 0.797. The Bertz CT molecular complexity index is 502. The van der Waals surface area contributed by atoms with Gasteiger partial charge >= 0.3 is 0 Å². The summed E-state index contributed by atoms with van der Waals surface area (Å²) in [5.41, 5.74) is 0.539. The fourth-order valence-electron chi connectivity index (χ4n) is 1.92. The molecule has 1 aliphatic heterocycles. The molecule has 1 N–H and O–H groups in total. The molecule has 0 saturated carbocycles. The number of benzene rings is 1. The Morgan fingerprint density at radius 1 is 1.41 bits per heavy atom. The molecule has 1 atom stereocenters. The van der Waals surface area contributed by atoms with Crippen molar-refractivity contribution in [2.45, 2.75) is 26.9 Å². The summed E-state index contributed by atoms with van der Waals surface area (Å²) in [6, 6.07) is 2.75. The van der Waals surface area contributed by atoms with E-state index in [4.69, 9.17) is 4.74 Å². The lowest BCUT2D eigenvalue weighted by Gasteiger charge is -2.12. The van der Waals surface area contributed by atoms with Crippen molar-refractivity contribution in [3.63, 3.8) is 0 Å². The van der Waals surface area contributed by atoms with Crippen LogP contribution in [0.3, 0.4) is 0 Å². The lowest BCUT2D eigenvalue weighted by molar-refractivity contribution is 0.0790. The Labute approximate surface area is 99.2 Å². The summed E-state index contributed by atoms with van der Waals surface area (Å²) in [7, 11) is 0. The molecular formula is C13H14O4. The maximum Gasteiger partial charge on any atom is 0.207 e. The molecule has 4 nitrogen and oxygen atoms in total. The lowest BCUT2D eigenvalue weighted by atomic mass is 9.98. The molecule has 0 saturated heterocycles. The van der Waals surface area contributed by atoms with Crippen LogP contribution in [-0.2, 0) is 0 Å². The standard InChI is InChI=1S/C13H14O4/c1-6(2)13-12(16)9-4-8(7(3)14)10(15)5-11(9)17-13/h4-6,13,15H,1-3H3. The first-order chi connectivity index (χ1) is 7.91. The molecule has 1 heterocycles. The van der Waals surface area contributed by atoms with Crippen molar-refractivity contribution in [2.75, 3.05) is 0 Å². The van der Waals surface area contributed by atoms with Gasteiger partial charge in [-0.3, -0.25) is 9.59 Å². The number of hydrogen-bond acceptors (Lipinski definition) is 4. The van der Waals surface area contributed by atoms with E-state index in [1.165, 1.54) is 19.1 Å². The zero-order valence-electron chi connectivity index (χ0n) is 9.98. The second-order valence-corrected chi connectivity index (χ2v) is 4.57. The number of rotatable bonds is 2. The number of phenols is 1. The smallest absolute Gasteiger partial charge is 0.207 e. The minimum atomic E-state index is -0.522. The maximum absolute atomic E-state index is 12.0. The molecule has 0 aliphatic carbocycles. The molecule has 0 fully saturated rings. The lowest BCUT2D eigenvalue weighted by Crippen LogP contribution is -2.26. The summed E-state index contributed by atoms with van der Waals surface area (Å²) < 4.78 is 5.48. The predicted molar refractivity (Wildman–Crippen MR) is 61.7 cm³/mol. The Balaban J connectivity index is 2.50. The summed E-state index contributed by atoms with van der Waals surface area (Å²) in [4.78, 5) is 23.3. The average Bonchev–Trinajstić information content (AvgIpc) is 2.54. The average molecular weight is 234 g/mol. The minimum absolute atomic E-state index is 0.0535. The topological polar surface area (TPSA) is 63.6 Å². The summed E-state index contributed by atoms with van der Waals surface area (Å²) in [5.74, 6) is -0.133. The van der Waals surface area contributed by atoms with Gasteiger partial charge in [-0.25, -0.2) is 0 Å². The first kappa shape index (κ1) is 11.6. The Kier molecular flexibility index (Phi) is 2.65. The highest BCUT2D eigenvalue weighted by molar-refractivity contribution is 6.07. The number of carbonyl (C=O) groups excluding carboxylic acids is 2. The second-order valence-electron chi connectivity index (χ2n) is 4.57. The van der Waals surface area contributed by atoms with Gasteiger partial charge in [0.2, 0.25) is 5.78 Å². The monoisotopic (exact) mass is 234 g/mol. The molecule has 1 aromatic carbocycles. The number of carbonyl (C=O) groups is 2. The number of phenolic OH excluding ortho intramolecular Hbond substituents is 1. The molecule has 1 aromatic rings. The van der Waals surface area contributed by atoms with Crippen molar-refractivity contribution in [3.05, 3.63) is 23.3 Å². The molecule has 1 unspecified atom stereocenters. The van der Waals surface area contributed by atoms with Gasteiger partial charge in [0.05, 0.1) is 11.1 Å². The number of fused-ring (bicyclic) bond motifs is 1. The van der Waals surface area contributed by atoms with Crippen LogP contribution in [0.2, 0.25) is 0 Å². The van der Waals surface area contributed by atoms with Gasteiger partial charge in [-0.05, 0) is 18.9 Å². The van der Waals surface area contributed by atoms with Crippen molar-refractivity contribution < 1.29 is 19.4 Å². The Morgan fingerprint density at radius 3 is 2.59 bits per heavy atom. The number of aromatic hydroxyl groups is 1. The largest absolute Gasteiger partial charge is 0.507 e. The number of hydrogen-bond donors (Lipinski definition) is 1. The van der Waals surface area contributed by atoms with E-state index in [0.29, 0.717) is 11.3 Å². The third-order valence-corrected chi connectivity index (χ3v) is 2.86. The van der Waals surface area contributed by atoms with E-state index >= 15 is 0 Å². The van der Waals surface area contributed by atoms with Crippen LogP contribution < -0.4 is 4.74 Å². The van der Waals surface area contributed by atoms with Crippen LogP contribution in [0.1, 0.15) is 41.5 Å². The summed E-state index contributed by atoms with van der Waals surface area (Å²) in [6.07, 6.45) is -0.522. The predicted octanol–water partition coefficient (Wildman–Crippen LogP) is 2.19. The number of ketones is 2. The van der Waals surface area contributed by atoms with Gasteiger partial charge in [-0.2, -0.15) is 0 Å². The van der Waals surface area contributed by atoms with E-state index in [9.17, 15) is 14.7 Å². The molecule has 0 amide bonds. The molecule has 2 rings (SSSR count). The van der Waals surface area contributed by atoms with Crippen LogP contribution in [0.25, 0.3) is 0 Å².